The normalized spacial score (nSPS) is 15.6. The second-order valence-corrected chi connectivity index (χ2v) is 8.06. The van der Waals surface area contributed by atoms with Gasteiger partial charge >= 0.3 is 0 Å². The molecular weight excluding hydrogens is 380 g/mol. The Balaban J connectivity index is 1.74. The molecule has 30 heavy (non-hydrogen) atoms. The molecule has 1 saturated heterocycles. The molecule has 0 unspecified atom stereocenters. The first kappa shape index (κ1) is 20.5. The highest BCUT2D eigenvalue weighted by Gasteiger charge is 2.23. The fraction of sp³-hybridized carbons (Fsp3) is 0.478. The van der Waals surface area contributed by atoms with Crippen LogP contribution in [0.2, 0.25) is 0 Å². The smallest absolute Gasteiger partial charge is 0.276 e. The van der Waals surface area contributed by atoms with Crippen LogP contribution >= 0.6 is 0 Å². The van der Waals surface area contributed by atoms with E-state index in [0.717, 1.165) is 59.6 Å². The fourth-order valence-electron chi connectivity index (χ4n) is 4.52. The van der Waals surface area contributed by atoms with Crippen molar-refractivity contribution in [3.05, 3.63) is 40.4 Å². The summed E-state index contributed by atoms with van der Waals surface area (Å²) in [6, 6.07) is 4.09. The molecule has 0 amide bonds. The number of aromatic amines is 1. The summed E-state index contributed by atoms with van der Waals surface area (Å²) in [6.07, 6.45) is 6.87. The number of benzene rings is 1. The van der Waals surface area contributed by atoms with E-state index in [0.29, 0.717) is 11.4 Å². The van der Waals surface area contributed by atoms with Crippen molar-refractivity contribution in [2.24, 2.45) is 13.0 Å². The summed E-state index contributed by atoms with van der Waals surface area (Å²) in [5.41, 5.74) is 3.38. The molecule has 1 fully saturated rings. The maximum Gasteiger partial charge on any atom is 0.276 e. The molecule has 160 valence electrons. The highest BCUT2D eigenvalue weighted by molar-refractivity contribution is 5.94. The quantitative estimate of drug-likeness (QED) is 0.676. The van der Waals surface area contributed by atoms with Crippen LogP contribution in [0, 0.1) is 5.92 Å². The van der Waals surface area contributed by atoms with Gasteiger partial charge in [0.05, 0.1) is 20.4 Å². The van der Waals surface area contributed by atoms with Crippen LogP contribution in [0.25, 0.3) is 22.0 Å². The lowest BCUT2D eigenvalue weighted by atomic mass is 9.88. The minimum atomic E-state index is -0.0970. The SMILES string of the molecule is CCN1CCC(Cc2c(OC)cc(-c3cn(C)c(=O)c4[nH]ncc34)cc2OC)CC1. The van der Waals surface area contributed by atoms with Crippen molar-refractivity contribution in [3.63, 3.8) is 0 Å². The summed E-state index contributed by atoms with van der Waals surface area (Å²) >= 11 is 0. The molecule has 2 aromatic heterocycles. The molecule has 0 aliphatic carbocycles. The molecule has 1 aliphatic heterocycles. The van der Waals surface area contributed by atoms with Crippen LogP contribution in [0.1, 0.15) is 25.3 Å². The van der Waals surface area contributed by atoms with E-state index in [2.05, 4.69) is 22.0 Å². The van der Waals surface area contributed by atoms with Crippen molar-refractivity contribution in [1.29, 1.82) is 0 Å². The number of likely N-dealkylation sites (tertiary alicyclic amines) is 1. The topological polar surface area (TPSA) is 72.4 Å². The van der Waals surface area contributed by atoms with Gasteiger partial charge in [-0.2, -0.15) is 5.10 Å². The Morgan fingerprint density at radius 2 is 1.83 bits per heavy atom. The van der Waals surface area contributed by atoms with Gasteiger partial charge in [0.2, 0.25) is 0 Å². The number of methoxy groups -OCH3 is 2. The second kappa shape index (κ2) is 8.52. The molecule has 0 atom stereocenters. The highest BCUT2D eigenvalue weighted by atomic mass is 16.5. The Morgan fingerprint density at radius 3 is 2.43 bits per heavy atom. The van der Waals surface area contributed by atoms with Gasteiger partial charge in [0.1, 0.15) is 17.0 Å². The first-order valence-electron chi connectivity index (χ1n) is 10.6. The zero-order valence-corrected chi connectivity index (χ0v) is 18.2. The molecule has 7 nitrogen and oxygen atoms in total. The molecule has 1 aromatic carbocycles. The van der Waals surface area contributed by atoms with Gasteiger partial charge in [0, 0.05) is 29.8 Å². The van der Waals surface area contributed by atoms with Gasteiger partial charge in [-0.25, -0.2) is 0 Å². The summed E-state index contributed by atoms with van der Waals surface area (Å²) in [5, 5.41) is 7.69. The molecule has 1 N–H and O–H groups in total. The number of aryl methyl sites for hydroxylation is 1. The van der Waals surface area contributed by atoms with E-state index in [9.17, 15) is 4.79 Å². The predicted molar refractivity (Wildman–Crippen MR) is 118 cm³/mol. The van der Waals surface area contributed by atoms with E-state index in [1.165, 1.54) is 12.8 Å². The van der Waals surface area contributed by atoms with Crippen molar-refractivity contribution in [1.82, 2.24) is 19.7 Å². The Labute approximate surface area is 176 Å². The molecular formula is C23H30N4O3. The largest absolute Gasteiger partial charge is 0.496 e. The molecule has 0 saturated carbocycles. The third kappa shape index (κ3) is 3.69. The Morgan fingerprint density at radius 1 is 1.17 bits per heavy atom. The number of H-pyrrole nitrogens is 1. The first-order chi connectivity index (χ1) is 14.5. The number of rotatable bonds is 6. The Bertz CT molecular complexity index is 1070. The number of hydrogen-bond acceptors (Lipinski definition) is 5. The lowest BCUT2D eigenvalue weighted by Gasteiger charge is -2.31. The van der Waals surface area contributed by atoms with E-state index in [-0.39, 0.29) is 5.56 Å². The standard InChI is InChI=1S/C23H30N4O3/c1-5-27-8-6-15(7-9-27)10-17-20(29-3)11-16(12-21(17)30-4)19-14-26(2)23(28)22-18(19)13-24-25-22/h11-15H,5-10H2,1-4H3,(H,24,25). The van der Waals surface area contributed by atoms with Crippen LogP contribution in [0.4, 0.5) is 0 Å². The van der Waals surface area contributed by atoms with Crippen LogP contribution < -0.4 is 15.0 Å². The van der Waals surface area contributed by atoms with Gasteiger partial charge in [-0.15, -0.1) is 0 Å². The maximum atomic E-state index is 12.4. The molecule has 7 heteroatoms. The van der Waals surface area contributed by atoms with Gasteiger partial charge in [0.25, 0.3) is 5.56 Å². The number of pyridine rings is 1. The van der Waals surface area contributed by atoms with Crippen molar-refractivity contribution in [3.8, 4) is 22.6 Å². The van der Waals surface area contributed by atoms with Crippen LogP contribution in [-0.4, -0.2) is 53.5 Å². The van der Waals surface area contributed by atoms with E-state index < -0.39 is 0 Å². The highest BCUT2D eigenvalue weighted by Crippen LogP contribution is 2.39. The van der Waals surface area contributed by atoms with Crippen molar-refractivity contribution in [2.45, 2.75) is 26.2 Å². The number of nitrogens with zero attached hydrogens (tertiary/aromatic N) is 3. The van der Waals surface area contributed by atoms with E-state index in [4.69, 9.17) is 9.47 Å². The summed E-state index contributed by atoms with van der Waals surface area (Å²) in [4.78, 5) is 14.9. The van der Waals surface area contributed by atoms with E-state index in [1.54, 1.807) is 32.0 Å². The van der Waals surface area contributed by atoms with E-state index in [1.807, 2.05) is 18.3 Å². The second-order valence-electron chi connectivity index (χ2n) is 8.06. The number of ether oxygens (including phenoxy) is 2. The Kier molecular flexibility index (Phi) is 5.81. The summed E-state index contributed by atoms with van der Waals surface area (Å²) < 4.78 is 13.2. The summed E-state index contributed by atoms with van der Waals surface area (Å²) in [6.45, 7) is 5.65. The molecule has 4 rings (SSSR count). The number of nitrogens with one attached hydrogen (secondary N) is 1. The third-order valence-corrected chi connectivity index (χ3v) is 6.35. The van der Waals surface area contributed by atoms with Crippen molar-refractivity contribution in [2.75, 3.05) is 33.9 Å². The molecule has 0 spiro atoms. The number of piperidine rings is 1. The summed E-state index contributed by atoms with van der Waals surface area (Å²) in [5.74, 6) is 2.28. The van der Waals surface area contributed by atoms with Gasteiger partial charge in [0.15, 0.2) is 0 Å². The number of fused-ring (bicyclic) bond motifs is 1. The van der Waals surface area contributed by atoms with Crippen LogP contribution in [0.3, 0.4) is 0 Å². The van der Waals surface area contributed by atoms with Gasteiger partial charge in [-0.1, -0.05) is 6.92 Å². The fourth-order valence-corrected chi connectivity index (χ4v) is 4.52. The van der Waals surface area contributed by atoms with Gasteiger partial charge < -0.3 is 18.9 Å². The summed E-state index contributed by atoms with van der Waals surface area (Å²) in [7, 11) is 5.16. The van der Waals surface area contributed by atoms with Crippen molar-refractivity contribution < 1.29 is 9.47 Å². The predicted octanol–water partition coefficient (Wildman–Crippen LogP) is 3.22. The lowest BCUT2D eigenvalue weighted by Crippen LogP contribution is -2.34. The minimum absolute atomic E-state index is 0.0970. The molecule has 0 radical (unpaired) electrons. The zero-order chi connectivity index (χ0) is 21.3. The maximum absolute atomic E-state index is 12.4. The zero-order valence-electron chi connectivity index (χ0n) is 18.2. The molecule has 0 bridgehead atoms. The van der Waals surface area contributed by atoms with Crippen LogP contribution in [0.15, 0.2) is 29.3 Å². The molecule has 3 aromatic rings. The Hall–Kier alpha value is -2.80. The van der Waals surface area contributed by atoms with Crippen molar-refractivity contribution >= 4 is 10.9 Å². The monoisotopic (exact) mass is 410 g/mol. The molecule has 1 aliphatic rings. The van der Waals surface area contributed by atoms with Gasteiger partial charge in [-0.3, -0.25) is 9.89 Å². The number of aromatic nitrogens is 3. The van der Waals surface area contributed by atoms with Crippen LogP contribution in [-0.2, 0) is 13.5 Å². The minimum Gasteiger partial charge on any atom is -0.496 e. The number of hydrogen-bond donors (Lipinski definition) is 1. The van der Waals surface area contributed by atoms with Crippen LogP contribution in [0.5, 0.6) is 11.5 Å². The first-order valence-corrected chi connectivity index (χ1v) is 10.6. The third-order valence-electron chi connectivity index (χ3n) is 6.35. The lowest BCUT2D eigenvalue weighted by molar-refractivity contribution is 0.191. The van der Waals surface area contributed by atoms with E-state index >= 15 is 0 Å². The average Bonchev–Trinajstić information content (AvgIpc) is 3.27. The van der Waals surface area contributed by atoms with Gasteiger partial charge in [-0.05, 0) is 62.5 Å². The average molecular weight is 411 g/mol. The molecule has 3 heterocycles.